The van der Waals surface area contributed by atoms with E-state index in [1.54, 1.807) is 21.1 Å². The molecule has 0 aliphatic carbocycles. The van der Waals surface area contributed by atoms with E-state index in [0.29, 0.717) is 0 Å². The van der Waals surface area contributed by atoms with Gasteiger partial charge in [0.1, 0.15) is 0 Å². The summed E-state index contributed by atoms with van der Waals surface area (Å²) in [4.78, 5) is 0.954. The predicted molar refractivity (Wildman–Crippen MR) is 67.3 cm³/mol. The molecule has 16 heavy (non-hydrogen) atoms. The standard InChI is InChI=1S/C11H16O3SSi/c1-8-6-5-7-9(10(8)15)16-14-11(2,12-3)13-4/h5-7,15H,1-4H3. The number of benzene rings is 1. The molecule has 0 atom stereocenters. The van der Waals surface area contributed by atoms with Gasteiger partial charge in [0.2, 0.25) is 0 Å². The molecule has 0 aromatic heterocycles. The molecule has 0 unspecified atom stereocenters. The second-order valence-corrected chi connectivity index (χ2v) is 4.84. The van der Waals surface area contributed by atoms with Crippen molar-refractivity contribution < 1.29 is 13.9 Å². The van der Waals surface area contributed by atoms with Crippen molar-refractivity contribution in [2.45, 2.75) is 24.7 Å². The Morgan fingerprint density at radius 1 is 1.25 bits per heavy atom. The van der Waals surface area contributed by atoms with Gasteiger partial charge in [0.05, 0.1) is 0 Å². The summed E-state index contributed by atoms with van der Waals surface area (Å²) in [5.74, 6) is -0.998. The second-order valence-electron chi connectivity index (χ2n) is 3.45. The summed E-state index contributed by atoms with van der Waals surface area (Å²) >= 11 is 4.44. The molecular weight excluding hydrogens is 240 g/mol. The monoisotopic (exact) mass is 256 g/mol. The van der Waals surface area contributed by atoms with E-state index < -0.39 is 5.97 Å². The lowest BCUT2D eigenvalue weighted by Gasteiger charge is -2.26. The van der Waals surface area contributed by atoms with Gasteiger partial charge in [-0.1, -0.05) is 18.2 Å². The molecular formula is C11H16O3SSi. The van der Waals surface area contributed by atoms with Crippen LogP contribution in [0.15, 0.2) is 23.1 Å². The summed E-state index contributed by atoms with van der Waals surface area (Å²) in [6.07, 6.45) is 0. The average Bonchev–Trinajstić information content (AvgIpc) is 2.31. The largest absolute Gasteiger partial charge is 0.363 e. The predicted octanol–water partition coefficient (Wildman–Crippen LogP) is 1.51. The highest BCUT2D eigenvalue weighted by Gasteiger charge is 2.24. The third-order valence-electron chi connectivity index (χ3n) is 2.33. The first-order chi connectivity index (χ1) is 7.52. The molecule has 0 aliphatic rings. The zero-order chi connectivity index (χ0) is 12.2. The summed E-state index contributed by atoms with van der Waals surface area (Å²) in [6, 6.07) is 5.99. The van der Waals surface area contributed by atoms with Crippen LogP contribution in [0.5, 0.6) is 0 Å². The zero-order valence-corrected chi connectivity index (χ0v) is 11.8. The number of rotatable bonds is 5. The van der Waals surface area contributed by atoms with Crippen molar-refractivity contribution in [1.29, 1.82) is 0 Å². The van der Waals surface area contributed by atoms with Crippen LogP contribution < -0.4 is 5.19 Å². The lowest BCUT2D eigenvalue weighted by Crippen LogP contribution is -2.38. The van der Waals surface area contributed by atoms with E-state index >= 15 is 0 Å². The van der Waals surface area contributed by atoms with Gasteiger partial charge in [0, 0.05) is 26.0 Å². The number of hydrogen-bond acceptors (Lipinski definition) is 4. The van der Waals surface area contributed by atoms with E-state index in [-0.39, 0.29) is 9.76 Å². The quantitative estimate of drug-likeness (QED) is 0.492. The Hall–Kier alpha value is -0.333. The summed E-state index contributed by atoms with van der Waals surface area (Å²) in [6.45, 7) is 3.75. The fraction of sp³-hybridized carbons (Fsp3) is 0.455. The number of methoxy groups -OCH3 is 2. The summed E-state index contributed by atoms with van der Waals surface area (Å²) in [7, 11) is 3.23. The Morgan fingerprint density at radius 3 is 2.44 bits per heavy atom. The highest BCUT2D eigenvalue weighted by atomic mass is 32.1. The van der Waals surface area contributed by atoms with Crippen LogP contribution in [-0.4, -0.2) is 30.0 Å². The van der Waals surface area contributed by atoms with Gasteiger partial charge in [-0.05, 0) is 17.7 Å². The fourth-order valence-electron chi connectivity index (χ4n) is 1.06. The van der Waals surface area contributed by atoms with Crippen LogP contribution >= 0.6 is 12.6 Å². The molecule has 3 nitrogen and oxygen atoms in total. The lowest BCUT2D eigenvalue weighted by atomic mass is 10.2. The Bertz CT molecular complexity index is 353. The van der Waals surface area contributed by atoms with Gasteiger partial charge in [0.15, 0.2) is 0 Å². The van der Waals surface area contributed by atoms with E-state index in [9.17, 15) is 0 Å². The normalized spacial score (nSPS) is 11.8. The van der Waals surface area contributed by atoms with Crippen LogP contribution in [0.4, 0.5) is 0 Å². The molecule has 0 aliphatic heterocycles. The number of ether oxygens (including phenoxy) is 2. The second kappa shape index (κ2) is 5.84. The van der Waals surface area contributed by atoms with Crippen molar-refractivity contribution in [3.8, 4) is 0 Å². The first kappa shape index (κ1) is 13.7. The van der Waals surface area contributed by atoms with E-state index in [2.05, 4.69) is 12.6 Å². The van der Waals surface area contributed by atoms with Crippen molar-refractivity contribution >= 4 is 27.6 Å². The smallest absolute Gasteiger partial charge is 0.277 e. The molecule has 88 valence electrons. The maximum atomic E-state index is 5.58. The highest BCUT2D eigenvalue weighted by Crippen LogP contribution is 2.13. The van der Waals surface area contributed by atoms with Gasteiger partial charge in [0.25, 0.3) is 15.7 Å². The van der Waals surface area contributed by atoms with E-state index in [1.165, 1.54) is 0 Å². The molecule has 0 bridgehead atoms. The molecule has 5 heteroatoms. The molecule has 0 N–H and O–H groups in total. The van der Waals surface area contributed by atoms with Gasteiger partial charge in [-0.3, -0.25) is 0 Å². The summed E-state index contributed by atoms with van der Waals surface area (Å²) < 4.78 is 15.8. The molecule has 2 radical (unpaired) electrons. The Balaban J connectivity index is 2.71. The van der Waals surface area contributed by atoms with Crippen LogP contribution in [0.25, 0.3) is 0 Å². The highest BCUT2D eigenvalue weighted by molar-refractivity contribution is 7.80. The minimum absolute atomic E-state index is 0.138. The van der Waals surface area contributed by atoms with Crippen LogP contribution in [0, 0.1) is 6.92 Å². The van der Waals surface area contributed by atoms with Crippen LogP contribution in [-0.2, 0) is 13.9 Å². The van der Waals surface area contributed by atoms with Crippen molar-refractivity contribution in [1.82, 2.24) is 0 Å². The lowest BCUT2D eigenvalue weighted by molar-refractivity contribution is -0.310. The average molecular weight is 256 g/mol. The Labute approximate surface area is 104 Å². The number of aryl methyl sites for hydroxylation is 1. The number of hydrogen-bond donors (Lipinski definition) is 1. The van der Waals surface area contributed by atoms with Gasteiger partial charge >= 0.3 is 0 Å². The maximum Gasteiger partial charge on any atom is 0.277 e. The van der Waals surface area contributed by atoms with Crippen LogP contribution in [0.3, 0.4) is 0 Å². The van der Waals surface area contributed by atoms with Gasteiger partial charge in [-0.15, -0.1) is 12.6 Å². The molecule has 0 heterocycles. The zero-order valence-electron chi connectivity index (χ0n) is 9.90. The number of thiol groups is 1. The van der Waals surface area contributed by atoms with E-state index in [1.807, 2.05) is 25.1 Å². The third kappa shape index (κ3) is 3.33. The Kier molecular flexibility index (Phi) is 5.01. The molecule has 0 amide bonds. The molecule has 1 aromatic carbocycles. The topological polar surface area (TPSA) is 27.7 Å². The molecule has 0 saturated heterocycles. The van der Waals surface area contributed by atoms with Crippen LogP contribution in [0.1, 0.15) is 12.5 Å². The summed E-state index contributed by atoms with van der Waals surface area (Å²) in [5.41, 5.74) is 1.13. The summed E-state index contributed by atoms with van der Waals surface area (Å²) in [5, 5.41) is 1.05. The van der Waals surface area contributed by atoms with Crippen molar-refractivity contribution in [3.63, 3.8) is 0 Å². The minimum atomic E-state index is -0.998. The molecule has 0 saturated carbocycles. The Morgan fingerprint density at radius 2 is 1.88 bits per heavy atom. The molecule has 0 fully saturated rings. The first-order valence-corrected chi connectivity index (χ1v) is 6.21. The third-order valence-corrected chi connectivity index (χ3v) is 4.24. The minimum Gasteiger partial charge on any atom is -0.363 e. The van der Waals surface area contributed by atoms with Crippen molar-refractivity contribution in [3.05, 3.63) is 23.8 Å². The first-order valence-electron chi connectivity index (χ1n) is 4.85. The van der Waals surface area contributed by atoms with Crippen molar-refractivity contribution in [2.24, 2.45) is 0 Å². The van der Waals surface area contributed by atoms with E-state index in [4.69, 9.17) is 13.9 Å². The van der Waals surface area contributed by atoms with Crippen LogP contribution in [0.2, 0.25) is 0 Å². The molecule has 1 rings (SSSR count). The molecule has 0 spiro atoms. The SMILES string of the molecule is COC(C)(OC)O[Si]c1cccc(C)c1S. The maximum absolute atomic E-state index is 5.58. The van der Waals surface area contributed by atoms with Crippen molar-refractivity contribution in [2.75, 3.05) is 14.2 Å². The van der Waals surface area contributed by atoms with Gasteiger partial charge in [-0.25, -0.2) is 0 Å². The van der Waals surface area contributed by atoms with Gasteiger partial charge < -0.3 is 13.9 Å². The van der Waals surface area contributed by atoms with E-state index in [0.717, 1.165) is 15.6 Å². The fourth-order valence-corrected chi connectivity index (χ4v) is 2.26. The molecule has 1 aromatic rings. The van der Waals surface area contributed by atoms with Gasteiger partial charge in [-0.2, -0.15) is 0 Å².